The van der Waals surface area contributed by atoms with Gasteiger partial charge in [-0.3, -0.25) is 24.1 Å². The number of carbonyl (C=O) groups excluding carboxylic acids is 4. The zero-order valence-electron chi connectivity index (χ0n) is 11.3. The summed E-state index contributed by atoms with van der Waals surface area (Å²) < 4.78 is 0.440. The van der Waals surface area contributed by atoms with Gasteiger partial charge < -0.3 is 0 Å². The molecule has 2 heterocycles. The van der Waals surface area contributed by atoms with Gasteiger partial charge in [-0.25, -0.2) is 0 Å². The molecule has 1 fully saturated rings. The van der Waals surface area contributed by atoms with Gasteiger partial charge >= 0.3 is 0 Å². The second kappa shape index (κ2) is 5.65. The van der Waals surface area contributed by atoms with Crippen LogP contribution in [0, 0.1) is 0 Å². The smallest absolute Gasteiger partial charge is 0.267 e. The van der Waals surface area contributed by atoms with Gasteiger partial charge in [0.1, 0.15) is 6.04 Å². The number of imide groups is 2. The van der Waals surface area contributed by atoms with E-state index in [1.54, 1.807) is 13.0 Å². The van der Waals surface area contributed by atoms with Crippen molar-refractivity contribution >= 4 is 35.4 Å². The number of hydrogen-bond acceptors (Lipinski definition) is 4. The van der Waals surface area contributed by atoms with E-state index in [2.05, 4.69) is 6.58 Å². The van der Waals surface area contributed by atoms with Crippen molar-refractivity contribution in [2.24, 2.45) is 0 Å². The van der Waals surface area contributed by atoms with Crippen molar-refractivity contribution < 1.29 is 19.2 Å². The average Bonchev–Trinajstić information content (AvgIpc) is 2.69. The van der Waals surface area contributed by atoms with Gasteiger partial charge in [0.25, 0.3) is 17.7 Å². The molecule has 1 unspecified atom stereocenters. The molecule has 0 saturated carbocycles. The first-order valence-electron chi connectivity index (χ1n) is 6.33. The third-order valence-electron chi connectivity index (χ3n) is 3.37. The van der Waals surface area contributed by atoms with Crippen molar-refractivity contribution in [2.75, 3.05) is 0 Å². The first-order valence-corrected chi connectivity index (χ1v) is 6.67. The Balaban J connectivity index is 2.37. The quantitative estimate of drug-likeness (QED) is 0.577. The van der Waals surface area contributed by atoms with Crippen molar-refractivity contribution in [1.29, 1.82) is 0 Å². The first-order chi connectivity index (χ1) is 9.93. The fourth-order valence-electron chi connectivity index (χ4n) is 2.37. The fourth-order valence-corrected chi connectivity index (χ4v) is 2.56. The molecule has 21 heavy (non-hydrogen) atoms. The topological polar surface area (TPSA) is 74.8 Å². The predicted molar refractivity (Wildman–Crippen MR) is 74.6 cm³/mol. The van der Waals surface area contributed by atoms with Gasteiger partial charge in [0, 0.05) is 18.2 Å². The van der Waals surface area contributed by atoms with Crippen LogP contribution in [0.2, 0.25) is 0 Å². The summed E-state index contributed by atoms with van der Waals surface area (Å²) in [6.45, 7) is 5.23. The summed E-state index contributed by atoms with van der Waals surface area (Å²) in [6, 6.07) is -1.06. The molecule has 2 aliphatic rings. The largest absolute Gasteiger partial charge is 0.273 e. The second-order valence-corrected chi connectivity index (χ2v) is 4.92. The van der Waals surface area contributed by atoms with Gasteiger partial charge in [0.15, 0.2) is 0 Å². The van der Waals surface area contributed by atoms with E-state index >= 15 is 0 Å². The second-order valence-electron chi connectivity index (χ2n) is 4.58. The lowest BCUT2D eigenvalue weighted by Crippen LogP contribution is -2.53. The van der Waals surface area contributed by atoms with E-state index in [9.17, 15) is 19.2 Å². The standard InChI is InChI=1S/C14H13ClN2O4/c1-3-5-9-8(4-2)12(19)16(13(9)20)10-6-7-11(18)17(15)14(10)21/h3-5,10H,2,6-7H2,1H3/b5-3-. The maximum atomic E-state index is 12.4. The molecule has 0 N–H and O–H groups in total. The average molecular weight is 309 g/mol. The number of amides is 4. The SMILES string of the molecule is C=CC1=C(/C=C\C)C(=O)N(C2CCC(=O)N(Cl)C2=O)C1=O. The molecule has 2 rings (SSSR count). The van der Waals surface area contributed by atoms with Crippen LogP contribution in [0.25, 0.3) is 0 Å². The van der Waals surface area contributed by atoms with Crippen molar-refractivity contribution in [3.63, 3.8) is 0 Å². The molecule has 110 valence electrons. The Hall–Kier alpha value is -2.21. The Kier molecular flexibility index (Phi) is 4.09. The molecule has 0 aromatic carbocycles. The highest BCUT2D eigenvalue weighted by molar-refractivity contribution is 6.32. The van der Waals surface area contributed by atoms with Gasteiger partial charge in [0.2, 0.25) is 5.91 Å². The summed E-state index contributed by atoms with van der Waals surface area (Å²) in [5.74, 6) is -2.48. The van der Waals surface area contributed by atoms with E-state index < -0.39 is 29.7 Å². The molecular weight excluding hydrogens is 296 g/mol. The van der Waals surface area contributed by atoms with E-state index in [0.29, 0.717) is 4.42 Å². The number of piperidine rings is 1. The molecule has 2 aliphatic heterocycles. The van der Waals surface area contributed by atoms with E-state index in [1.807, 2.05) is 0 Å². The van der Waals surface area contributed by atoms with Crippen molar-refractivity contribution in [1.82, 2.24) is 9.32 Å². The minimum Gasteiger partial charge on any atom is -0.273 e. The Morgan fingerprint density at radius 2 is 1.81 bits per heavy atom. The molecule has 0 aliphatic carbocycles. The molecule has 7 heteroatoms. The molecule has 0 aromatic rings. The molecule has 1 saturated heterocycles. The molecule has 4 amide bonds. The highest BCUT2D eigenvalue weighted by Gasteiger charge is 2.46. The fraction of sp³-hybridized carbons (Fsp3) is 0.286. The summed E-state index contributed by atoms with van der Waals surface area (Å²) in [5, 5.41) is 0. The van der Waals surface area contributed by atoms with E-state index in [4.69, 9.17) is 11.8 Å². The Morgan fingerprint density at radius 3 is 2.38 bits per heavy atom. The molecule has 1 atom stereocenters. The highest BCUT2D eigenvalue weighted by atomic mass is 35.5. The third-order valence-corrected chi connectivity index (χ3v) is 3.72. The van der Waals surface area contributed by atoms with Gasteiger partial charge in [-0.1, -0.05) is 24.8 Å². The van der Waals surface area contributed by atoms with Gasteiger partial charge in [-0.15, -0.1) is 0 Å². The van der Waals surface area contributed by atoms with Crippen LogP contribution in [-0.2, 0) is 19.2 Å². The van der Waals surface area contributed by atoms with E-state index in [0.717, 1.165) is 4.90 Å². The van der Waals surface area contributed by atoms with Gasteiger partial charge in [-0.2, -0.15) is 4.42 Å². The van der Waals surface area contributed by atoms with Crippen LogP contribution in [0.3, 0.4) is 0 Å². The first kappa shape index (κ1) is 15.2. The zero-order valence-corrected chi connectivity index (χ0v) is 12.1. The lowest BCUT2D eigenvalue weighted by atomic mass is 10.0. The Labute approximate surface area is 126 Å². The summed E-state index contributed by atoms with van der Waals surface area (Å²) in [5.41, 5.74) is 0.326. The summed E-state index contributed by atoms with van der Waals surface area (Å²) in [7, 11) is 0. The number of nitrogens with zero attached hydrogens (tertiary/aromatic N) is 2. The van der Waals surface area contributed by atoms with Crippen molar-refractivity contribution in [3.05, 3.63) is 36.0 Å². The third kappa shape index (κ3) is 2.31. The van der Waals surface area contributed by atoms with Crippen LogP contribution in [0.4, 0.5) is 0 Å². The molecule has 0 spiro atoms. The molecule has 0 aromatic heterocycles. The number of halogens is 1. The summed E-state index contributed by atoms with van der Waals surface area (Å²) in [6.07, 6.45) is 4.47. The van der Waals surface area contributed by atoms with Crippen molar-refractivity contribution in [3.8, 4) is 0 Å². The van der Waals surface area contributed by atoms with Gasteiger partial charge in [0.05, 0.1) is 11.1 Å². The number of allylic oxidation sites excluding steroid dienone is 1. The van der Waals surface area contributed by atoms with E-state index in [-0.39, 0.29) is 24.0 Å². The minimum absolute atomic E-state index is 0.000655. The Morgan fingerprint density at radius 1 is 1.19 bits per heavy atom. The van der Waals surface area contributed by atoms with Crippen LogP contribution < -0.4 is 0 Å². The minimum atomic E-state index is -1.06. The summed E-state index contributed by atoms with van der Waals surface area (Å²) in [4.78, 5) is 48.9. The predicted octanol–water partition coefficient (Wildman–Crippen LogP) is 1.09. The number of rotatable bonds is 3. The number of hydrogen-bond donors (Lipinski definition) is 0. The maximum absolute atomic E-state index is 12.4. The molecule has 0 bridgehead atoms. The molecule has 6 nitrogen and oxygen atoms in total. The van der Waals surface area contributed by atoms with Crippen LogP contribution >= 0.6 is 11.8 Å². The van der Waals surface area contributed by atoms with Gasteiger partial charge in [-0.05, 0) is 13.3 Å². The Bertz CT molecular complexity index is 620. The lowest BCUT2D eigenvalue weighted by Gasteiger charge is -2.31. The molecule has 0 radical (unpaired) electrons. The van der Waals surface area contributed by atoms with E-state index in [1.165, 1.54) is 12.2 Å². The van der Waals surface area contributed by atoms with Crippen LogP contribution in [0.1, 0.15) is 19.8 Å². The number of carbonyl (C=O) groups is 4. The van der Waals surface area contributed by atoms with Crippen LogP contribution in [0.5, 0.6) is 0 Å². The van der Waals surface area contributed by atoms with Crippen LogP contribution in [0.15, 0.2) is 36.0 Å². The lowest BCUT2D eigenvalue weighted by molar-refractivity contribution is -0.154. The summed E-state index contributed by atoms with van der Waals surface area (Å²) >= 11 is 5.59. The highest BCUT2D eigenvalue weighted by Crippen LogP contribution is 2.29. The monoisotopic (exact) mass is 308 g/mol. The van der Waals surface area contributed by atoms with Crippen molar-refractivity contribution in [2.45, 2.75) is 25.8 Å². The van der Waals surface area contributed by atoms with Crippen LogP contribution in [-0.4, -0.2) is 39.0 Å². The maximum Gasteiger partial charge on any atom is 0.267 e. The molecular formula is C14H13ClN2O4. The zero-order chi connectivity index (χ0) is 15.7. The normalized spacial score (nSPS) is 23.8.